The van der Waals surface area contributed by atoms with Gasteiger partial charge in [0.15, 0.2) is 0 Å². The Morgan fingerprint density at radius 2 is 2.03 bits per heavy atom. The van der Waals surface area contributed by atoms with E-state index in [1.807, 2.05) is 4.57 Å². The Kier molecular flexibility index (Phi) is 6.92. The van der Waals surface area contributed by atoms with Crippen molar-refractivity contribution in [1.29, 1.82) is 0 Å². The van der Waals surface area contributed by atoms with Crippen LogP contribution < -0.4 is 10.9 Å². The largest absolute Gasteiger partial charge is 0.393 e. The fourth-order valence-electron chi connectivity index (χ4n) is 5.29. The molecule has 4 rings (SSSR count). The molecule has 2 aromatic heterocycles. The van der Waals surface area contributed by atoms with E-state index in [0.29, 0.717) is 17.3 Å². The molecule has 3 heterocycles. The van der Waals surface area contributed by atoms with Gasteiger partial charge < -0.3 is 19.9 Å². The number of aliphatic hydroxyl groups excluding tert-OH is 1. The van der Waals surface area contributed by atoms with Gasteiger partial charge in [-0.1, -0.05) is 13.3 Å². The normalized spacial score (nSPS) is 26.1. The molecule has 170 valence electrons. The van der Waals surface area contributed by atoms with Crippen LogP contribution in [0.4, 0.5) is 5.95 Å². The zero-order valence-electron chi connectivity index (χ0n) is 19.2. The minimum atomic E-state index is -0.206. The summed E-state index contributed by atoms with van der Waals surface area (Å²) in [5.41, 5.74) is 1.94. The third-order valence-corrected chi connectivity index (χ3v) is 7.03. The molecule has 1 aliphatic heterocycles. The number of aromatic nitrogens is 3. The van der Waals surface area contributed by atoms with Crippen molar-refractivity contribution in [2.75, 3.05) is 25.5 Å². The van der Waals surface area contributed by atoms with Gasteiger partial charge in [0.25, 0.3) is 5.56 Å². The Labute approximate surface area is 184 Å². The van der Waals surface area contributed by atoms with Gasteiger partial charge in [-0.2, -0.15) is 0 Å². The first-order chi connectivity index (χ1) is 15.0. The van der Waals surface area contributed by atoms with Gasteiger partial charge in [0, 0.05) is 31.0 Å². The number of piperidine rings is 1. The molecule has 2 aromatic rings. The number of likely N-dealkylation sites (N-methyl/N-ethyl adjacent to an activating group) is 1. The molecule has 1 saturated carbocycles. The summed E-state index contributed by atoms with van der Waals surface area (Å²) in [7, 11) is 2.13. The van der Waals surface area contributed by atoms with Crippen molar-refractivity contribution >= 4 is 16.9 Å². The van der Waals surface area contributed by atoms with Gasteiger partial charge in [-0.25, -0.2) is 9.97 Å². The van der Waals surface area contributed by atoms with Gasteiger partial charge in [-0.05, 0) is 76.9 Å². The summed E-state index contributed by atoms with van der Waals surface area (Å²) in [5, 5.41) is 14.0. The number of anilines is 1. The van der Waals surface area contributed by atoms with Crippen LogP contribution >= 0.6 is 0 Å². The lowest BCUT2D eigenvalue weighted by atomic mass is 9.82. The molecule has 1 saturated heterocycles. The summed E-state index contributed by atoms with van der Waals surface area (Å²) < 4.78 is 1.95. The van der Waals surface area contributed by atoms with E-state index in [0.717, 1.165) is 75.5 Å². The molecule has 2 N–H and O–H groups in total. The quantitative estimate of drug-likeness (QED) is 0.732. The van der Waals surface area contributed by atoms with E-state index in [-0.39, 0.29) is 23.7 Å². The molecule has 31 heavy (non-hydrogen) atoms. The summed E-state index contributed by atoms with van der Waals surface area (Å²) in [6.45, 7) is 6.28. The number of hydrogen-bond donors (Lipinski definition) is 2. The lowest BCUT2D eigenvalue weighted by Crippen LogP contribution is -2.38. The summed E-state index contributed by atoms with van der Waals surface area (Å²) in [5.74, 6) is 0.912. The molecule has 0 bridgehead atoms. The van der Waals surface area contributed by atoms with Crippen LogP contribution in [-0.4, -0.2) is 56.8 Å². The van der Waals surface area contributed by atoms with Crippen LogP contribution in [0, 0.1) is 0 Å². The van der Waals surface area contributed by atoms with Crippen molar-refractivity contribution in [2.24, 2.45) is 0 Å². The van der Waals surface area contributed by atoms with Crippen molar-refractivity contribution in [3.05, 3.63) is 28.3 Å². The molecular weight excluding hydrogens is 390 g/mol. The van der Waals surface area contributed by atoms with Gasteiger partial charge in [0.1, 0.15) is 0 Å². The van der Waals surface area contributed by atoms with Gasteiger partial charge in [-0.15, -0.1) is 0 Å². The van der Waals surface area contributed by atoms with Gasteiger partial charge in [-0.3, -0.25) is 4.79 Å². The number of aliphatic hydroxyl groups is 1. The van der Waals surface area contributed by atoms with Crippen LogP contribution in [0.3, 0.4) is 0 Å². The van der Waals surface area contributed by atoms with Gasteiger partial charge >= 0.3 is 0 Å². The second-order valence-corrected chi connectivity index (χ2v) is 9.65. The lowest BCUT2D eigenvalue weighted by molar-refractivity contribution is 0.122. The smallest absolute Gasteiger partial charge is 0.261 e. The highest BCUT2D eigenvalue weighted by atomic mass is 16.3. The fraction of sp³-hybridized carbons (Fsp3) is 0.708. The molecule has 7 nitrogen and oxygen atoms in total. The standard InChI is InChI=1S/C24H37N5O2/c1-4-6-16(2)26-24-25-13-20-22(27-24)21(17-8-10-19(30)11-9-17)15-29(23(20)31)18-7-5-12-28(3)14-18/h13,15-19,30H,4-12,14H2,1-3H3,(H,25,26,27)/t16?,17?,18-,19?/m1/s1. The number of hydrogen-bond acceptors (Lipinski definition) is 6. The minimum Gasteiger partial charge on any atom is -0.393 e. The molecule has 2 aliphatic rings. The third kappa shape index (κ3) is 4.93. The van der Waals surface area contributed by atoms with Gasteiger partial charge in [0.05, 0.1) is 17.0 Å². The average Bonchev–Trinajstić information content (AvgIpc) is 2.75. The monoisotopic (exact) mass is 427 g/mol. The Balaban J connectivity index is 1.78. The second kappa shape index (κ2) is 9.65. The Bertz CT molecular complexity index is 951. The average molecular weight is 428 g/mol. The van der Waals surface area contributed by atoms with Crippen LogP contribution in [0.25, 0.3) is 10.9 Å². The summed E-state index contributed by atoms with van der Waals surface area (Å²) in [4.78, 5) is 25.1. The number of pyridine rings is 1. The van der Waals surface area contributed by atoms with Crippen molar-refractivity contribution in [3.63, 3.8) is 0 Å². The van der Waals surface area contributed by atoms with Gasteiger partial charge in [0.2, 0.25) is 5.95 Å². The van der Waals surface area contributed by atoms with Crippen LogP contribution in [0.2, 0.25) is 0 Å². The number of likely N-dealkylation sites (tertiary alicyclic amines) is 1. The maximum atomic E-state index is 13.5. The number of nitrogens with one attached hydrogen (secondary N) is 1. The summed E-state index contributed by atoms with van der Waals surface area (Å²) >= 11 is 0. The molecule has 2 fully saturated rings. The molecule has 0 radical (unpaired) electrons. The zero-order chi connectivity index (χ0) is 22.0. The summed E-state index contributed by atoms with van der Waals surface area (Å²) in [6.07, 6.45) is 11.3. The first kappa shape index (κ1) is 22.2. The molecule has 0 spiro atoms. The van der Waals surface area contributed by atoms with Crippen LogP contribution in [0.5, 0.6) is 0 Å². The molecule has 0 aromatic carbocycles. The van der Waals surface area contributed by atoms with Crippen molar-refractivity contribution in [2.45, 2.75) is 89.3 Å². The number of nitrogens with zero attached hydrogens (tertiary/aromatic N) is 4. The Morgan fingerprint density at radius 1 is 1.26 bits per heavy atom. The SMILES string of the molecule is CCCC(C)Nc1ncc2c(=O)n([C@@H]3CCCN(C)C3)cc(C3CCC(O)CC3)c2n1. The molecule has 2 atom stereocenters. The van der Waals surface area contributed by atoms with E-state index < -0.39 is 0 Å². The summed E-state index contributed by atoms with van der Waals surface area (Å²) in [6, 6.07) is 0.472. The topological polar surface area (TPSA) is 83.3 Å². The number of fused-ring (bicyclic) bond motifs is 1. The Morgan fingerprint density at radius 3 is 2.74 bits per heavy atom. The maximum Gasteiger partial charge on any atom is 0.261 e. The van der Waals surface area contributed by atoms with E-state index in [1.54, 1.807) is 6.20 Å². The van der Waals surface area contributed by atoms with Crippen molar-refractivity contribution < 1.29 is 5.11 Å². The molecule has 0 amide bonds. The van der Waals surface area contributed by atoms with Crippen molar-refractivity contribution in [3.8, 4) is 0 Å². The highest BCUT2D eigenvalue weighted by Gasteiger charge is 2.27. The third-order valence-electron chi connectivity index (χ3n) is 7.03. The van der Waals surface area contributed by atoms with Crippen LogP contribution in [0.15, 0.2) is 17.2 Å². The predicted octanol–water partition coefficient (Wildman–Crippen LogP) is 3.68. The fourth-order valence-corrected chi connectivity index (χ4v) is 5.29. The van der Waals surface area contributed by atoms with Crippen LogP contribution in [-0.2, 0) is 0 Å². The molecule has 7 heteroatoms. The highest BCUT2D eigenvalue weighted by molar-refractivity contribution is 5.81. The van der Waals surface area contributed by atoms with E-state index in [1.165, 1.54) is 0 Å². The second-order valence-electron chi connectivity index (χ2n) is 9.65. The molecular formula is C24H37N5O2. The first-order valence-corrected chi connectivity index (χ1v) is 12.0. The number of rotatable bonds is 6. The first-order valence-electron chi connectivity index (χ1n) is 12.0. The molecule has 1 unspecified atom stereocenters. The van der Waals surface area contributed by atoms with E-state index in [2.05, 4.69) is 42.3 Å². The molecule has 1 aliphatic carbocycles. The van der Waals surface area contributed by atoms with Crippen molar-refractivity contribution in [1.82, 2.24) is 19.4 Å². The minimum absolute atomic E-state index is 0.0167. The zero-order valence-corrected chi connectivity index (χ0v) is 19.2. The van der Waals surface area contributed by atoms with E-state index >= 15 is 0 Å². The van der Waals surface area contributed by atoms with Crippen LogP contribution in [0.1, 0.15) is 82.7 Å². The Hall–Kier alpha value is -1.99. The highest BCUT2D eigenvalue weighted by Crippen LogP contribution is 2.36. The maximum absolute atomic E-state index is 13.5. The van der Waals surface area contributed by atoms with E-state index in [9.17, 15) is 9.90 Å². The lowest BCUT2D eigenvalue weighted by Gasteiger charge is -2.32. The predicted molar refractivity (Wildman–Crippen MR) is 125 cm³/mol. The van der Waals surface area contributed by atoms with E-state index in [4.69, 9.17) is 4.98 Å².